The Bertz CT molecular complexity index is 433. The molecule has 0 fully saturated rings. The van der Waals surface area contributed by atoms with Crippen molar-refractivity contribution < 1.29 is 14.7 Å². The van der Waals surface area contributed by atoms with E-state index in [1.54, 1.807) is 7.05 Å². The number of nitrogens with zero attached hydrogens (tertiary/aromatic N) is 3. The van der Waals surface area contributed by atoms with E-state index in [9.17, 15) is 9.59 Å². The number of thioether (sulfide) groups is 1. The van der Waals surface area contributed by atoms with E-state index in [0.29, 0.717) is 5.16 Å². The summed E-state index contributed by atoms with van der Waals surface area (Å²) < 4.78 is 1.54. The topological polar surface area (TPSA) is 123 Å². The number of aromatic nitrogens is 3. The molecule has 1 atom stereocenters. The second-order valence-corrected chi connectivity index (χ2v) is 4.29. The van der Waals surface area contributed by atoms with Gasteiger partial charge in [-0.25, -0.2) is 4.79 Å². The third kappa shape index (κ3) is 3.63. The van der Waals surface area contributed by atoms with Crippen LogP contribution in [0.1, 0.15) is 6.92 Å². The van der Waals surface area contributed by atoms with Crippen LogP contribution in [0.3, 0.4) is 0 Å². The van der Waals surface area contributed by atoms with Crippen LogP contribution in [0.4, 0.5) is 5.95 Å². The number of nitrogen functional groups attached to an aromatic ring is 1. The van der Waals surface area contributed by atoms with Crippen LogP contribution in [0.25, 0.3) is 0 Å². The quantitative estimate of drug-likeness (QED) is 0.584. The number of carbonyl (C=O) groups is 2. The fraction of sp³-hybridized carbons (Fsp3) is 0.500. The molecular weight excluding hydrogens is 246 g/mol. The van der Waals surface area contributed by atoms with E-state index in [2.05, 4.69) is 15.5 Å². The number of carboxylic acid groups (broad SMARTS) is 1. The molecule has 1 heterocycles. The summed E-state index contributed by atoms with van der Waals surface area (Å²) in [5.74, 6) is -1.09. The van der Waals surface area contributed by atoms with Crippen LogP contribution in [0.5, 0.6) is 0 Å². The number of amides is 1. The van der Waals surface area contributed by atoms with E-state index in [0.717, 1.165) is 11.8 Å². The lowest BCUT2D eigenvalue weighted by atomic mass is 10.3. The van der Waals surface area contributed by atoms with Crippen LogP contribution < -0.4 is 11.1 Å². The molecule has 0 aliphatic heterocycles. The molecule has 8 nitrogen and oxygen atoms in total. The molecular formula is C8H13N5O3S. The SMILES string of the molecule is CC(=O)NC(CSc1nnc(N)n1C)C(=O)O. The van der Waals surface area contributed by atoms with Crippen molar-refractivity contribution in [2.75, 3.05) is 11.5 Å². The van der Waals surface area contributed by atoms with Gasteiger partial charge in [0.25, 0.3) is 0 Å². The summed E-state index contributed by atoms with van der Waals surface area (Å²) in [6.07, 6.45) is 0. The lowest BCUT2D eigenvalue weighted by molar-refractivity contribution is -0.140. The molecule has 0 saturated heterocycles. The highest BCUT2D eigenvalue weighted by atomic mass is 32.2. The highest BCUT2D eigenvalue weighted by Crippen LogP contribution is 2.17. The van der Waals surface area contributed by atoms with Crippen molar-refractivity contribution in [2.45, 2.75) is 18.1 Å². The molecule has 17 heavy (non-hydrogen) atoms. The minimum atomic E-state index is -1.09. The molecule has 0 aliphatic rings. The second-order valence-electron chi connectivity index (χ2n) is 3.30. The third-order valence-corrected chi connectivity index (χ3v) is 3.04. The molecule has 1 unspecified atom stereocenters. The number of aliphatic carboxylic acids is 1. The van der Waals surface area contributed by atoms with Gasteiger partial charge < -0.3 is 16.2 Å². The lowest BCUT2D eigenvalue weighted by Crippen LogP contribution is -2.41. The van der Waals surface area contributed by atoms with Crippen LogP contribution in [0, 0.1) is 0 Å². The average molecular weight is 259 g/mol. The van der Waals surface area contributed by atoms with Gasteiger partial charge >= 0.3 is 5.97 Å². The summed E-state index contributed by atoms with van der Waals surface area (Å²) in [7, 11) is 1.67. The number of hydrogen-bond acceptors (Lipinski definition) is 6. The number of carboxylic acids is 1. The Balaban J connectivity index is 2.61. The molecule has 1 rings (SSSR count). The largest absolute Gasteiger partial charge is 0.480 e. The van der Waals surface area contributed by atoms with Crippen LogP contribution in [-0.4, -0.2) is 43.5 Å². The first kappa shape index (κ1) is 13.3. The van der Waals surface area contributed by atoms with Crippen molar-refractivity contribution in [1.82, 2.24) is 20.1 Å². The van der Waals surface area contributed by atoms with E-state index in [4.69, 9.17) is 10.8 Å². The van der Waals surface area contributed by atoms with Gasteiger partial charge in [0.2, 0.25) is 11.9 Å². The average Bonchev–Trinajstić information content (AvgIpc) is 2.54. The molecule has 0 saturated carbocycles. The monoisotopic (exact) mass is 259 g/mol. The van der Waals surface area contributed by atoms with E-state index < -0.39 is 17.9 Å². The van der Waals surface area contributed by atoms with Crippen LogP contribution >= 0.6 is 11.8 Å². The van der Waals surface area contributed by atoms with Crippen molar-refractivity contribution in [3.05, 3.63) is 0 Å². The Hall–Kier alpha value is -1.77. The zero-order chi connectivity index (χ0) is 13.0. The Kier molecular flexibility index (Phi) is 4.32. The fourth-order valence-corrected chi connectivity index (χ4v) is 1.96. The van der Waals surface area contributed by atoms with Gasteiger partial charge in [0.15, 0.2) is 5.16 Å². The molecule has 0 bridgehead atoms. The van der Waals surface area contributed by atoms with Gasteiger partial charge in [-0.15, -0.1) is 10.2 Å². The van der Waals surface area contributed by atoms with Crippen molar-refractivity contribution in [3.8, 4) is 0 Å². The van der Waals surface area contributed by atoms with Gasteiger partial charge in [-0.05, 0) is 0 Å². The predicted octanol–water partition coefficient (Wildman–Crippen LogP) is -0.921. The molecule has 1 amide bonds. The summed E-state index contributed by atoms with van der Waals surface area (Å²) in [6, 6.07) is -0.963. The number of nitrogens with two attached hydrogens (primary N) is 1. The zero-order valence-electron chi connectivity index (χ0n) is 9.38. The van der Waals surface area contributed by atoms with E-state index >= 15 is 0 Å². The standard InChI is InChI=1S/C8H13N5O3S/c1-4(14)10-5(6(15)16)3-17-8-12-11-7(9)13(8)2/h5H,3H2,1-2H3,(H2,9,11)(H,10,14)(H,15,16). The molecule has 1 aromatic rings. The Morgan fingerprint density at radius 3 is 2.65 bits per heavy atom. The summed E-state index contributed by atoms with van der Waals surface area (Å²) in [5, 5.41) is 19.1. The number of rotatable bonds is 5. The van der Waals surface area contributed by atoms with Gasteiger partial charge in [-0.2, -0.15) is 0 Å². The first-order valence-electron chi connectivity index (χ1n) is 4.69. The van der Waals surface area contributed by atoms with Gasteiger partial charge in [0.05, 0.1) is 0 Å². The molecule has 9 heteroatoms. The van der Waals surface area contributed by atoms with Gasteiger partial charge in [0.1, 0.15) is 6.04 Å². The maximum Gasteiger partial charge on any atom is 0.327 e. The molecule has 0 spiro atoms. The number of nitrogens with one attached hydrogen (secondary N) is 1. The zero-order valence-corrected chi connectivity index (χ0v) is 10.2. The van der Waals surface area contributed by atoms with E-state index in [1.165, 1.54) is 11.5 Å². The number of carbonyl (C=O) groups excluding carboxylic acids is 1. The van der Waals surface area contributed by atoms with Crippen LogP contribution in [-0.2, 0) is 16.6 Å². The van der Waals surface area contributed by atoms with Crippen molar-refractivity contribution in [3.63, 3.8) is 0 Å². The smallest absolute Gasteiger partial charge is 0.327 e. The summed E-state index contributed by atoms with van der Waals surface area (Å²) in [6.45, 7) is 1.26. The van der Waals surface area contributed by atoms with Crippen molar-refractivity contribution in [1.29, 1.82) is 0 Å². The first-order chi connectivity index (χ1) is 7.91. The summed E-state index contributed by atoms with van der Waals surface area (Å²) in [4.78, 5) is 21.7. The minimum absolute atomic E-state index is 0.154. The fourth-order valence-electron chi connectivity index (χ4n) is 1.03. The maximum absolute atomic E-state index is 10.9. The highest BCUT2D eigenvalue weighted by Gasteiger charge is 2.20. The van der Waals surface area contributed by atoms with E-state index in [1.807, 2.05) is 0 Å². The van der Waals surface area contributed by atoms with Crippen LogP contribution in [0.2, 0.25) is 0 Å². The Morgan fingerprint density at radius 1 is 1.59 bits per heavy atom. The molecule has 4 N–H and O–H groups in total. The third-order valence-electron chi connectivity index (χ3n) is 1.92. The predicted molar refractivity (Wildman–Crippen MR) is 61.4 cm³/mol. The normalized spacial score (nSPS) is 12.1. The Morgan fingerprint density at radius 2 is 2.24 bits per heavy atom. The summed E-state index contributed by atoms with van der Waals surface area (Å²) >= 11 is 1.16. The van der Waals surface area contributed by atoms with Crippen LogP contribution in [0.15, 0.2) is 5.16 Å². The van der Waals surface area contributed by atoms with Crippen molar-refractivity contribution >= 4 is 29.6 Å². The maximum atomic E-state index is 10.9. The van der Waals surface area contributed by atoms with Gasteiger partial charge in [-0.3, -0.25) is 9.36 Å². The number of hydrogen-bond donors (Lipinski definition) is 3. The highest BCUT2D eigenvalue weighted by molar-refractivity contribution is 7.99. The van der Waals surface area contributed by atoms with E-state index in [-0.39, 0.29) is 11.7 Å². The lowest BCUT2D eigenvalue weighted by Gasteiger charge is -2.11. The number of anilines is 1. The molecule has 0 aliphatic carbocycles. The Labute approximate surface area is 102 Å². The second kappa shape index (κ2) is 5.53. The molecule has 0 radical (unpaired) electrons. The van der Waals surface area contributed by atoms with Gasteiger partial charge in [-0.1, -0.05) is 11.8 Å². The molecule has 1 aromatic heterocycles. The molecule has 0 aromatic carbocycles. The molecule has 94 valence electrons. The van der Waals surface area contributed by atoms with Gasteiger partial charge in [0, 0.05) is 19.7 Å². The first-order valence-corrected chi connectivity index (χ1v) is 5.68. The summed E-state index contributed by atoms with van der Waals surface area (Å²) in [5.41, 5.74) is 5.48. The minimum Gasteiger partial charge on any atom is -0.480 e. The van der Waals surface area contributed by atoms with Crippen molar-refractivity contribution in [2.24, 2.45) is 7.05 Å².